The Morgan fingerprint density at radius 2 is 2.18 bits per heavy atom. The molecule has 1 fully saturated rings. The van der Waals surface area contributed by atoms with Gasteiger partial charge in [-0.05, 0) is 13.8 Å². The zero-order valence-electron chi connectivity index (χ0n) is 6.64. The first kappa shape index (κ1) is 9.59. The van der Waals surface area contributed by atoms with Crippen LogP contribution in [-0.4, -0.2) is 23.3 Å². The van der Waals surface area contributed by atoms with Crippen LogP contribution in [0.2, 0.25) is 0 Å². The van der Waals surface area contributed by atoms with Gasteiger partial charge in [0.2, 0.25) is 0 Å². The molecule has 1 heterocycles. The number of alkyl halides is 2. The van der Waals surface area contributed by atoms with Gasteiger partial charge in [-0.2, -0.15) is 0 Å². The molecule has 0 aromatic carbocycles. The van der Waals surface area contributed by atoms with Crippen LogP contribution in [-0.2, 0) is 9.47 Å². The third-order valence-corrected chi connectivity index (χ3v) is 1.86. The summed E-state index contributed by atoms with van der Waals surface area (Å²) in [7, 11) is 0. The lowest BCUT2D eigenvalue weighted by Crippen LogP contribution is -2.22. The Balaban J connectivity index is 2.31. The Morgan fingerprint density at radius 1 is 1.55 bits per heavy atom. The van der Waals surface area contributed by atoms with E-state index < -0.39 is 5.79 Å². The predicted octanol–water partition coefficient (Wildman–Crippen LogP) is 2.33. The van der Waals surface area contributed by atoms with Gasteiger partial charge in [0.25, 0.3) is 0 Å². The second-order valence-electron chi connectivity index (χ2n) is 3.08. The maximum Gasteiger partial charge on any atom is 0.163 e. The molecule has 0 bridgehead atoms. The number of hydrogen-bond acceptors (Lipinski definition) is 2. The van der Waals surface area contributed by atoms with Crippen molar-refractivity contribution in [3.63, 3.8) is 0 Å². The van der Waals surface area contributed by atoms with Gasteiger partial charge >= 0.3 is 0 Å². The summed E-state index contributed by atoms with van der Waals surface area (Å²) in [5.74, 6) is -0.465. The molecule has 1 rings (SSSR count). The molecular weight excluding hydrogens is 187 g/mol. The van der Waals surface area contributed by atoms with Crippen LogP contribution in [0, 0.1) is 0 Å². The van der Waals surface area contributed by atoms with Crippen molar-refractivity contribution in [3.05, 3.63) is 0 Å². The van der Waals surface area contributed by atoms with Crippen molar-refractivity contribution in [1.82, 2.24) is 0 Å². The lowest BCUT2D eigenvalue weighted by molar-refractivity contribution is -0.138. The van der Waals surface area contributed by atoms with Crippen molar-refractivity contribution in [3.8, 4) is 0 Å². The molecule has 0 amide bonds. The molecule has 0 radical (unpaired) electrons. The van der Waals surface area contributed by atoms with Gasteiger partial charge in [-0.25, -0.2) is 0 Å². The van der Waals surface area contributed by atoms with Gasteiger partial charge in [0.05, 0.1) is 12.7 Å². The topological polar surface area (TPSA) is 18.5 Å². The molecule has 0 saturated carbocycles. The molecule has 1 aliphatic rings. The van der Waals surface area contributed by atoms with E-state index in [0.29, 0.717) is 13.0 Å². The highest BCUT2D eigenvalue weighted by molar-refractivity contribution is 6.44. The third-order valence-electron chi connectivity index (χ3n) is 1.51. The molecule has 4 heteroatoms. The minimum absolute atomic E-state index is 0.0463. The highest BCUT2D eigenvalue weighted by Gasteiger charge is 2.33. The van der Waals surface area contributed by atoms with E-state index in [4.69, 9.17) is 32.7 Å². The van der Waals surface area contributed by atoms with Crippen LogP contribution >= 0.6 is 23.2 Å². The highest BCUT2D eigenvalue weighted by atomic mass is 35.5. The normalized spacial score (nSPS) is 29.7. The fourth-order valence-corrected chi connectivity index (χ4v) is 1.48. The molecule has 0 unspecified atom stereocenters. The fraction of sp³-hybridized carbons (Fsp3) is 1.00. The van der Waals surface area contributed by atoms with E-state index in [-0.39, 0.29) is 10.9 Å². The molecule has 66 valence electrons. The van der Waals surface area contributed by atoms with E-state index in [0.717, 1.165) is 0 Å². The van der Waals surface area contributed by atoms with Crippen LogP contribution in [0.5, 0.6) is 0 Å². The zero-order chi connectivity index (χ0) is 8.48. The molecule has 1 saturated heterocycles. The predicted molar refractivity (Wildman–Crippen MR) is 45.0 cm³/mol. The van der Waals surface area contributed by atoms with Gasteiger partial charge < -0.3 is 9.47 Å². The van der Waals surface area contributed by atoms with E-state index in [2.05, 4.69) is 0 Å². The van der Waals surface area contributed by atoms with E-state index in [1.807, 2.05) is 13.8 Å². The zero-order valence-corrected chi connectivity index (χ0v) is 8.15. The Hall–Kier alpha value is 0.500. The smallest absolute Gasteiger partial charge is 0.163 e. The van der Waals surface area contributed by atoms with Crippen molar-refractivity contribution in [2.75, 3.05) is 6.61 Å². The third kappa shape index (κ3) is 3.16. The van der Waals surface area contributed by atoms with Crippen LogP contribution in [0.1, 0.15) is 20.3 Å². The molecule has 2 nitrogen and oxygen atoms in total. The average molecular weight is 199 g/mol. The summed E-state index contributed by atoms with van der Waals surface area (Å²) >= 11 is 11.2. The largest absolute Gasteiger partial charge is 0.348 e. The van der Waals surface area contributed by atoms with Crippen LogP contribution < -0.4 is 0 Å². The van der Waals surface area contributed by atoms with Gasteiger partial charge in [0.15, 0.2) is 5.79 Å². The summed E-state index contributed by atoms with van der Waals surface area (Å²) in [5, 5.41) is 0. The summed E-state index contributed by atoms with van der Waals surface area (Å²) in [4.78, 5) is -0.363. The van der Waals surface area contributed by atoms with Gasteiger partial charge in [0, 0.05) is 6.42 Å². The average Bonchev–Trinajstić information content (AvgIpc) is 2.08. The minimum atomic E-state index is -0.465. The van der Waals surface area contributed by atoms with Crippen molar-refractivity contribution in [2.45, 2.75) is 37.0 Å². The maximum atomic E-state index is 5.58. The first-order valence-corrected chi connectivity index (χ1v) is 4.47. The van der Waals surface area contributed by atoms with Crippen molar-refractivity contribution in [2.24, 2.45) is 0 Å². The molecule has 0 aromatic heterocycles. The van der Waals surface area contributed by atoms with Crippen molar-refractivity contribution in [1.29, 1.82) is 0 Å². The highest BCUT2D eigenvalue weighted by Crippen LogP contribution is 2.26. The van der Waals surface area contributed by atoms with Gasteiger partial charge in [-0.3, -0.25) is 0 Å². The maximum absolute atomic E-state index is 5.58. The summed E-state index contributed by atoms with van der Waals surface area (Å²) < 4.78 is 10.8. The molecule has 0 N–H and O–H groups in total. The molecule has 0 aliphatic carbocycles. The molecule has 1 atom stereocenters. The van der Waals surface area contributed by atoms with E-state index in [1.165, 1.54) is 0 Å². The van der Waals surface area contributed by atoms with E-state index in [9.17, 15) is 0 Å². The quantitative estimate of drug-likeness (QED) is 0.635. The molecule has 0 spiro atoms. The number of ether oxygens (including phenoxy) is 2. The van der Waals surface area contributed by atoms with Crippen molar-refractivity contribution >= 4 is 23.2 Å². The van der Waals surface area contributed by atoms with Gasteiger partial charge in [-0.15, -0.1) is 23.2 Å². The van der Waals surface area contributed by atoms with Crippen LogP contribution in [0.25, 0.3) is 0 Å². The molecule has 1 aliphatic heterocycles. The first-order chi connectivity index (χ1) is 4.99. The summed E-state index contributed by atoms with van der Waals surface area (Å²) in [6, 6.07) is 0. The summed E-state index contributed by atoms with van der Waals surface area (Å²) in [6.45, 7) is 4.35. The Labute approximate surface area is 76.8 Å². The summed E-state index contributed by atoms with van der Waals surface area (Å²) in [6.07, 6.45) is 0.678. The summed E-state index contributed by atoms with van der Waals surface area (Å²) in [5.41, 5.74) is 0. The van der Waals surface area contributed by atoms with E-state index in [1.54, 1.807) is 0 Å². The Bertz CT molecular complexity index is 136. The van der Waals surface area contributed by atoms with Gasteiger partial charge in [0.1, 0.15) is 4.84 Å². The fourth-order valence-electron chi connectivity index (χ4n) is 1.08. The SMILES string of the molecule is CC1(C)OC[C@H](CC(Cl)Cl)O1. The van der Waals surface area contributed by atoms with Crippen LogP contribution in [0.3, 0.4) is 0 Å². The number of halogens is 2. The standard InChI is InChI=1S/C7H12Cl2O2/c1-7(2)10-4-5(11-7)3-6(8)9/h5-6H,3-4H2,1-2H3/t5-/m0/s1. The lowest BCUT2D eigenvalue weighted by atomic mass is 10.3. The number of hydrogen-bond donors (Lipinski definition) is 0. The molecule has 11 heavy (non-hydrogen) atoms. The second kappa shape index (κ2) is 3.48. The molecule has 0 aromatic rings. The van der Waals surface area contributed by atoms with Crippen LogP contribution in [0.4, 0.5) is 0 Å². The van der Waals surface area contributed by atoms with Crippen LogP contribution in [0.15, 0.2) is 0 Å². The minimum Gasteiger partial charge on any atom is -0.348 e. The lowest BCUT2D eigenvalue weighted by Gasteiger charge is -2.17. The van der Waals surface area contributed by atoms with E-state index >= 15 is 0 Å². The van der Waals surface area contributed by atoms with Gasteiger partial charge in [-0.1, -0.05) is 0 Å². The molecular formula is C7H12Cl2O2. The monoisotopic (exact) mass is 198 g/mol. The Kier molecular flexibility index (Phi) is 3.03. The second-order valence-corrected chi connectivity index (χ2v) is 4.35. The number of rotatable bonds is 2. The van der Waals surface area contributed by atoms with Crippen molar-refractivity contribution < 1.29 is 9.47 Å². The Morgan fingerprint density at radius 3 is 2.55 bits per heavy atom. The first-order valence-electron chi connectivity index (χ1n) is 3.59.